The Kier molecular flexibility index (Phi) is 3.27. The summed E-state index contributed by atoms with van der Waals surface area (Å²) in [5.41, 5.74) is 1.10. The van der Waals surface area contributed by atoms with Crippen molar-refractivity contribution in [2.24, 2.45) is 0 Å². The maximum atomic E-state index is 9.38. The largest absolute Gasteiger partial charge is 0.507 e. The standard InChI is InChI=1S/C8H9BrOS/c1-11-8-3-2-6(5-9)4-7(8)10/h2-4,10H,5H2,1H3. The lowest BCUT2D eigenvalue weighted by atomic mass is 10.2. The van der Waals surface area contributed by atoms with Crippen molar-refractivity contribution in [3.8, 4) is 5.75 Å². The van der Waals surface area contributed by atoms with Crippen LogP contribution in [0.3, 0.4) is 0 Å². The first kappa shape index (κ1) is 8.94. The van der Waals surface area contributed by atoms with E-state index in [1.807, 2.05) is 18.4 Å². The summed E-state index contributed by atoms with van der Waals surface area (Å²) in [6.07, 6.45) is 1.95. The Balaban J connectivity index is 2.99. The van der Waals surface area contributed by atoms with E-state index in [0.717, 1.165) is 15.8 Å². The Labute approximate surface area is 78.9 Å². The maximum Gasteiger partial charge on any atom is 0.129 e. The highest BCUT2D eigenvalue weighted by molar-refractivity contribution is 9.08. The van der Waals surface area contributed by atoms with Crippen LogP contribution in [0, 0.1) is 0 Å². The zero-order valence-corrected chi connectivity index (χ0v) is 8.58. The molecule has 1 aromatic rings. The van der Waals surface area contributed by atoms with Crippen LogP contribution in [0.2, 0.25) is 0 Å². The summed E-state index contributed by atoms with van der Waals surface area (Å²) in [6.45, 7) is 0. The number of alkyl halides is 1. The number of thioether (sulfide) groups is 1. The first-order chi connectivity index (χ1) is 5.27. The molecule has 0 bridgehead atoms. The van der Waals surface area contributed by atoms with Gasteiger partial charge in [-0.25, -0.2) is 0 Å². The molecule has 0 spiro atoms. The lowest BCUT2D eigenvalue weighted by Crippen LogP contribution is -1.78. The minimum atomic E-state index is 0.370. The zero-order valence-electron chi connectivity index (χ0n) is 6.17. The molecule has 0 saturated carbocycles. The normalized spacial score (nSPS) is 10.0. The van der Waals surface area contributed by atoms with E-state index in [4.69, 9.17) is 0 Å². The Hall–Kier alpha value is -0.150. The number of aromatic hydroxyl groups is 1. The van der Waals surface area contributed by atoms with E-state index >= 15 is 0 Å². The highest BCUT2D eigenvalue weighted by Crippen LogP contribution is 2.27. The smallest absolute Gasteiger partial charge is 0.129 e. The molecule has 0 heterocycles. The van der Waals surface area contributed by atoms with Gasteiger partial charge in [0.15, 0.2) is 0 Å². The Morgan fingerprint density at radius 3 is 2.73 bits per heavy atom. The van der Waals surface area contributed by atoms with Crippen LogP contribution in [0.15, 0.2) is 23.1 Å². The third kappa shape index (κ3) is 2.14. The van der Waals surface area contributed by atoms with Crippen LogP contribution >= 0.6 is 27.7 Å². The molecule has 0 fully saturated rings. The molecule has 60 valence electrons. The van der Waals surface area contributed by atoms with Gasteiger partial charge in [-0.2, -0.15) is 0 Å². The number of rotatable bonds is 2. The monoisotopic (exact) mass is 232 g/mol. The molecule has 0 saturated heterocycles. The van der Waals surface area contributed by atoms with Crippen LogP contribution in [-0.4, -0.2) is 11.4 Å². The SMILES string of the molecule is CSc1ccc(CBr)cc1O. The van der Waals surface area contributed by atoms with Crippen LogP contribution in [0.25, 0.3) is 0 Å². The fourth-order valence-corrected chi connectivity index (χ4v) is 1.64. The number of halogens is 1. The average molecular weight is 233 g/mol. The van der Waals surface area contributed by atoms with Crippen LogP contribution in [0.5, 0.6) is 5.75 Å². The number of hydrogen-bond donors (Lipinski definition) is 1. The second-order valence-electron chi connectivity index (χ2n) is 2.14. The van der Waals surface area contributed by atoms with Gasteiger partial charge in [-0.05, 0) is 24.0 Å². The van der Waals surface area contributed by atoms with Crippen molar-refractivity contribution in [2.75, 3.05) is 6.26 Å². The van der Waals surface area contributed by atoms with Gasteiger partial charge in [0.1, 0.15) is 5.75 Å². The number of hydrogen-bond acceptors (Lipinski definition) is 2. The summed E-state index contributed by atoms with van der Waals surface area (Å²) < 4.78 is 0. The van der Waals surface area contributed by atoms with Gasteiger partial charge >= 0.3 is 0 Å². The molecule has 11 heavy (non-hydrogen) atoms. The predicted octanol–water partition coefficient (Wildman–Crippen LogP) is 3.01. The van der Waals surface area contributed by atoms with Crippen molar-refractivity contribution < 1.29 is 5.11 Å². The summed E-state index contributed by atoms with van der Waals surface area (Å²) in [6, 6.07) is 5.71. The maximum absolute atomic E-state index is 9.38. The molecule has 0 amide bonds. The first-order valence-electron chi connectivity index (χ1n) is 3.19. The van der Waals surface area contributed by atoms with Gasteiger partial charge in [-0.3, -0.25) is 0 Å². The first-order valence-corrected chi connectivity index (χ1v) is 5.54. The van der Waals surface area contributed by atoms with E-state index in [1.165, 1.54) is 0 Å². The van der Waals surface area contributed by atoms with Crippen molar-refractivity contribution >= 4 is 27.7 Å². The van der Waals surface area contributed by atoms with Gasteiger partial charge < -0.3 is 5.11 Å². The quantitative estimate of drug-likeness (QED) is 0.625. The van der Waals surface area contributed by atoms with Crippen LogP contribution < -0.4 is 0 Å². The minimum Gasteiger partial charge on any atom is -0.507 e. The number of benzene rings is 1. The summed E-state index contributed by atoms with van der Waals surface area (Å²) in [5.74, 6) is 0.370. The molecule has 1 rings (SSSR count). The van der Waals surface area contributed by atoms with Gasteiger partial charge in [0, 0.05) is 10.2 Å². The highest BCUT2D eigenvalue weighted by Gasteiger charge is 1.99. The topological polar surface area (TPSA) is 20.2 Å². The number of phenols is 1. The number of phenolic OH excluding ortho intramolecular Hbond substituents is 1. The Morgan fingerprint density at radius 2 is 2.27 bits per heavy atom. The molecule has 1 aromatic carbocycles. The van der Waals surface area contributed by atoms with Crippen molar-refractivity contribution in [2.45, 2.75) is 10.2 Å². The van der Waals surface area contributed by atoms with Crippen molar-refractivity contribution in [3.63, 3.8) is 0 Å². The molecule has 0 atom stereocenters. The Bertz CT molecular complexity index is 250. The molecule has 0 aromatic heterocycles. The molecule has 0 aliphatic heterocycles. The van der Waals surface area contributed by atoms with Crippen molar-refractivity contribution in [1.82, 2.24) is 0 Å². The summed E-state index contributed by atoms with van der Waals surface area (Å²) >= 11 is 4.87. The molecular weight excluding hydrogens is 224 g/mol. The van der Waals surface area contributed by atoms with Crippen molar-refractivity contribution in [1.29, 1.82) is 0 Å². The van der Waals surface area contributed by atoms with E-state index in [9.17, 15) is 5.11 Å². The highest BCUT2D eigenvalue weighted by atomic mass is 79.9. The molecule has 0 radical (unpaired) electrons. The fourth-order valence-electron chi connectivity index (χ4n) is 0.819. The van der Waals surface area contributed by atoms with Gasteiger partial charge in [-0.15, -0.1) is 11.8 Å². The molecule has 1 N–H and O–H groups in total. The fraction of sp³-hybridized carbons (Fsp3) is 0.250. The van der Waals surface area contributed by atoms with Gasteiger partial charge in [-0.1, -0.05) is 22.0 Å². The third-order valence-corrected chi connectivity index (χ3v) is 2.83. The Morgan fingerprint density at radius 1 is 1.55 bits per heavy atom. The lowest BCUT2D eigenvalue weighted by Gasteiger charge is -2.01. The molecule has 0 unspecified atom stereocenters. The average Bonchev–Trinajstić information content (AvgIpc) is 2.04. The second kappa shape index (κ2) is 4.02. The van der Waals surface area contributed by atoms with E-state index in [-0.39, 0.29) is 0 Å². The van der Waals surface area contributed by atoms with Gasteiger partial charge in [0.25, 0.3) is 0 Å². The van der Waals surface area contributed by atoms with Crippen LogP contribution in [0.1, 0.15) is 5.56 Å². The van der Waals surface area contributed by atoms with E-state index in [0.29, 0.717) is 5.75 Å². The molecule has 0 aliphatic rings. The van der Waals surface area contributed by atoms with E-state index < -0.39 is 0 Å². The van der Waals surface area contributed by atoms with Crippen LogP contribution in [-0.2, 0) is 5.33 Å². The van der Waals surface area contributed by atoms with Crippen LogP contribution in [0.4, 0.5) is 0 Å². The molecule has 3 heteroatoms. The van der Waals surface area contributed by atoms with Gasteiger partial charge in [0.05, 0.1) is 0 Å². The molecule has 1 nitrogen and oxygen atoms in total. The summed E-state index contributed by atoms with van der Waals surface area (Å²) in [5, 5.41) is 10.2. The third-order valence-electron chi connectivity index (χ3n) is 1.40. The zero-order chi connectivity index (χ0) is 8.27. The minimum absolute atomic E-state index is 0.370. The summed E-state index contributed by atoms with van der Waals surface area (Å²) in [7, 11) is 0. The van der Waals surface area contributed by atoms with E-state index in [2.05, 4.69) is 15.9 Å². The predicted molar refractivity (Wildman–Crippen MR) is 52.5 cm³/mol. The molecule has 0 aliphatic carbocycles. The molecular formula is C8H9BrOS. The summed E-state index contributed by atoms with van der Waals surface area (Å²) in [4.78, 5) is 0.926. The van der Waals surface area contributed by atoms with E-state index in [1.54, 1.807) is 17.8 Å². The second-order valence-corrected chi connectivity index (χ2v) is 3.55. The van der Waals surface area contributed by atoms with Gasteiger partial charge in [0.2, 0.25) is 0 Å². The lowest BCUT2D eigenvalue weighted by molar-refractivity contribution is 0.462. The van der Waals surface area contributed by atoms with Crippen molar-refractivity contribution in [3.05, 3.63) is 23.8 Å².